The minimum Gasteiger partial charge on any atom is -0.378 e. The molecule has 6 heteroatoms. The Balaban J connectivity index is 1.74. The Morgan fingerprint density at radius 1 is 1.52 bits per heavy atom. The number of H-pyrrole nitrogens is 1. The predicted molar refractivity (Wildman–Crippen MR) is 80.6 cm³/mol. The molecule has 0 spiro atoms. The lowest BCUT2D eigenvalue weighted by molar-refractivity contribution is -0.126. The zero-order chi connectivity index (χ0) is 15.2. The van der Waals surface area contributed by atoms with Crippen molar-refractivity contribution in [1.82, 2.24) is 20.4 Å². The van der Waals surface area contributed by atoms with Crippen LogP contribution in [0.4, 0.5) is 0 Å². The molecule has 1 aromatic rings. The molecule has 6 nitrogen and oxygen atoms in total. The van der Waals surface area contributed by atoms with Gasteiger partial charge in [-0.1, -0.05) is 0 Å². The van der Waals surface area contributed by atoms with Crippen molar-refractivity contribution in [1.29, 1.82) is 0 Å². The van der Waals surface area contributed by atoms with Gasteiger partial charge in [-0.3, -0.25) is 9.89 Å². The molecule has 0 aliphatic carbocycles. The number of rotatable bonds is 6. The lowest BCUT2D eigenvalue weighted by atomic mass is 9.95. The monoisotopic (exact) mass is 294 g/mol. The van der Waals surface area contributed by atoms with Crippen LogP contribution in [0.3, 0.4) is 0 Å². The number of likely N-dealkylation sites (tertiary alicyclic amines) is 1. The zero-order valence-corrected chi connectivity index (χ0v) is 13.2. The maximum Gasteiger partial charge on any atom is 0.223 e. The molecular weight excluding hydrogens is 268 g/mol. The van der Waals surface area contributed by atoms with Crippen molar-refractivity contribution in [3.05, 3.63) is 17.5 Å². The normalized spacial score (nSPS) is 17.3. The molecule has 1 aliphatic heterocycles. The Morgan fingerprint density at radius 3 is 2.86 bits per heavy atom. The summed E-state index contributed by atoms with van der Waals surface area (Å²) in [6, 6.07) is 2.49. The van der Waals surface area contributed by atoms with E-state index in [1.807, 2.05) is 6.07 Å². The summed E-state index contributed by atoms with van der Waals surface area (Å²) in [5, 5.41) is 10.0. The van der Waals surface area contributed by atoms with Gasteiger partial charge in [0.1, 0.15) is 0 Å². The maximum atomic E-state index is 12.2. The molecule has 0 bridgehead atoms. The highest BCUT2D eigenvalue weighted by atomic mass is 16.5. The molecule has 2 rings (SSSR count). The first kappa shape index (κ1) is 16.0. The summed E-state index contributed by atoms with van der Waals surface area (Å²) >= 11 is 0. The van der Waals surface area contributed by atoms with E-state index in [1.54, 1.807) is 7.11 Å². The molecule has 1 amide bonds. The number of nitrogens with zero attached hydrogens (tertiary/aromatic N) is 2. The quantitative estimate of drug-likeness (QED) is 0.829. The largest absolute Gasteiger partial charge is 0.378 e. The number of aromatic amines is 1. The molecule has 0 aromatic carbocycles. The fraction of sp³-hybridized carbons (Fsp3) is 0.733. The Bertz CT molecular complexity index is 450. The average Bonchev–Trinajstić information content (AvgIpc) is 2.93. The number of hydrogen-bond donors (Lipinski definition) is 2. The van der Waals surface area contributed by atoms with Gasteiger partial charge in [0.15, 0.2) is 0 Å². The van der Waals surface area contributed by atoms with Crippen LogP contribution in [0.1, 0.15) is 38.1 Å². The number of methoxy groups -OCH3 is 1. The number of piperidine rings is 1. The minimum absolute atomic E-state index is 0.140. The number of amides is 1. The lowest BCUT2D eigenvalue weighted by Gasteiger charge is -2.33. The van der Waals surface area contributed by atoms with Crippen LogP contribution in [0.25, 0.3) is 0 Å². The van der Waals surface area contributed by atoms with Gasteiger partial charge in [0.25, 0.3) is 0 Å². The lowest BCUT2D eigenvalue weighted by Crippen LogP contribution is -2.42. The zero-order valence-electron chi connectivity index (χ0n) is 13.2. The molecule has 1 saturated heterocycles. The van der Waals surface area contributed by atoms with Gasteiger partial charge in [-0.05, 0) is 45.8 Å². The molecular formula is C15H26N4O2. The van der Waals surface area contributed by atoms with Crippen molar-refractivity contribution in [2.45, 2.75) is 45.9 Å². The van der Waals surface area contributed by atoms with Crippen LogP contribution in [0, 0.1) is 5.92 Å². The van der Waals surface area contributed by atoms with Crippen LogP contribution in [-0.2, 0) is 22.7 Å². The SMILES string of the molecule is COCc1cc(CNC(=O)C2CCN(C(C)C)CC2)[nH]n1. The maximum absolute atomic E-state index is 12.2. The number of aromatic nitrogens is 2. The number of hydrogen-bond acceptors (Lipinski definition) is 4. The number of carbonyl (C=O) groups is 1. The van der Waals surface area contributed by atoms with Crippen LogP contribution in [0.5, 0.6) is 0 Å². The predicted octanol–water partition coefficient (Wildman–Crippen LogP) is 1.29. The molecule has 1 fully saturated rings. The minimum atomic E-state index is 0.140. The van der Waals surface area contributed by atoms with Gasteiger partial charge in [0.2, 0.25) is 5.91 Å². The Labute approximate surface area is 126 Å². The Kier molecular flexibility index (Phi) is 5.76. The van der Waals surface area contributed by atoms with E-state index in [0.29, 0.717) is 19.2 Å². The highest BCUT2D eigenvalue weighted by molar-refractivity contribution is 5.78. The summed E-state index contributed by atoms with van der Waals surface area (Å²) in [7, 11) is 1.64. The summed E-state index contributed by atoms with van der Waals surface area (Å²) in [4.78, 5) is 14.6. The van der Waals surface area contributed by atoms with Crippen LogP contribution in [0.2, 0.25) is 0 Å². The smallest absolute Gasteiger partial charge is 0.223 e. The van der Waals surface area contributed by atoms with Gasteiger partial charge in [-0.25, -0.2) is 0 Å². The van der Waals surface area contributed by atoms with E-state index in [4.69, 9.17) is 4.74 Å². The van der Waals surface area contributed by atoms with E-state index in [-0.39, 0.29) is 11.8 Å². The molecule has 0 atom stereocenters. The fourth-order valence-electron chi connectivity index (χ4n) is 2.73. The summed E-state index contributed by atoms with van der Waals surface area (Å²) in [6.45, 7) is 7.42. The van der Waals surface area contributed by atoms with Gasteiger partial charge in [-0.15, -0.1) is 0 Å². The molecule has 1 aliphatic rings. The molecule has 2 N–H and O–H groups in total. The summed E-state index contributed by atoms with van der Waals surface area (Å²) in [5.41, 5.74) is 1.77. The van der Waals surface area contributed by atoms with Gasteiger partial charge in [-0.2, -0.15) is 5.10 Å². The van der Waals surface area contributed by atoms with Crippen LogP contribution in [0.15, 0.2) is 6.07 Å². The van der Waals surface area contributed by atoms with Crippen molar-refractivity contribution in [2.75, 3.05) is 20.2 Å². The first-order valence-corrected chi connectivity index (χ1v) is 7.64. The standard InChI is InChI=1S/C15H26N4O2/c1-11(2)19-6-4-12(5-7-19)15(20)16-9-13-8-14(10-21-3)18-17-13/h8,11-12H,4-7,9-10H2,1-3H3,(H,16,20)(H,17,18). The molecule has 0 saturated carbocycles. The van der Waals surface area contributed by atoms with Crippen LogP contribution >= 0.6 is 0 Å². The van der Waals surface area contributed by atoms with Gasteiger partial charge in [0.05, 0.1) is 24.5 Å². The van der Waals surface area contributed by atoms with E-state index in [2.05, 4.69) is 34.3 Å². The van der Waals surface area contributed by atoms with E-state index >= 15 is 0 Å². The Morgan fingerprint density at radius 2 is 2.24 bits per heavy atom. The van der Waals surface area contributed by atoms with Gasteiger partial charge < -0.3 is 15.0 Å². The second-order valence-electron chi connectivity index (χ2n) is 5.94. The van der Waals surface area contributed by atoms with Gasteiger partial charge in [0, 0.05) is 19.1 Å². The first-order chi connectivity index (χ1) is 10.1. The van der Waals surface area contributed by atoms with Gasteiger partial charge >= 0.3 is 0 Å². The number of ether oxygens (including phenoxy) is 1. The van der Waals surface area contributed by atoms with Crippen molar-refractivity contribution in [2.24, 2.45) is 5.92 Å². The summed E-state index contributed by atoms with van der Waals surface area (Å²) in [6.07, 6.45) is 1.89. The summed E-state index contributed by atoms with van der Waals surface area (Å²) < 4.78 is 5.02. The number of carbonyl (C=O) groups excluding carboxylic acids is 1. The third-order valence-corrected chi connectivity index (χ3v) is 4.06. The van der Waals surface area contributed by atoms with Crippen LogP contribution in [-0.4, -0.2) is 47.2 Å². The first-order valence-electron chi connectivity index (χ1n) is 7.64. The highest BCUT2D eigenvalue weighted by Crippen LogP contribution is 2.19. The van der Waals surface area contributed by atoms with Crippen molar-refractivity contribution in [3.8, 4) is 0 Å². The molecule has 0 unspecified atom stereocenters. The van der Waals surface area contributed by atoms with E-state index in [0.717, 1.165) is 37.3 Å². The van der Waals surface area contributed by atoms with E-state index in [9.17, 15) is 4.79 Å². The molecule has 21 heavy (non-hydrogen) atoms. The van der Waals surface area contributed by atoms with E-state index in [1.165, 1.54) is 0 Å². The number of nitrogens with one attached hydrogen (secondary N) is 2. The Hall–Kier alpha value is -1.40. The van der Waals surface area contributed by atoms with Crippen molar-refractivity contribution < 1.29 is 9.53 Å². The molecule has 1 aromatic heterocycles. The second kappa shape index (κ2) is 7.56. The molecule has 0 radical (unpaired) electrons. The van der Waals surface area contributed by atoms with Crippen LogP contribution < -0.4 is 5.32 Å². The second-order valence-corrected chi connectivity index (χ2v) is 5.94. The fourth-order valence-corrected chi connectivity index (χ4v) is 2.73. The molecule has 2 heterocycles. The third kappa shape index (κ3) is 4.54. The summed E-state index contributed by atoms with van der Waals surface area (Å²) in [5.74, 6) is 0.294. The average molecular weight is 294 g/mol. The highest BCUT2D eigenvalue weighted by Gasteiger charge is 2.25. The van der Waals surface area contributed by atoms with Crippen molar-refractivity contribution >= 4 is 5.91 Å². The van der Waals surface area contributed by atoms with E-state index < -0.39 is 0 Å². The van der Waals surface area contributed by atoms with Crippen molar-refractivity contribution in [3.63, 3.8) is 0 Å². The third-order valence-electron chi connectivity index (χ3n) is 4.06. The molecule has 118 valence electrons. The topological polar surface area (TPSA) is 70.2 Å².